The largest absolute Gasteiger partial charge is 0.496 e. The molecule has 3 aromatic carbocycles. The van der Waals surface area contributed by atoms with E-state index in [0.29, 0.717) is 17.1 Å². The highest BCUT2D eigenvalue weighted by Crippen LogP contribution is 2.37. The Balaban J connectivity index is 1.86. The van der Waals surface area contributed by atoms with Crippen molar-refractivity contribution in [2.75, 3.05) is 12.4 Å². The monoisotopic (exact) mass is 491 g/mol. The predicted molar refractivity (Wildman–Crippen MR) is 127 cm³/mol. The minimum Gasteiger partial charge on any atom is -0.496 e. The molecule has 0 fully saturated rings. The highest BCUT2D eigenvalue weighted by Gasteiger charge is 2.34. The van der Waals surface area contributed by atoms with Crippen molar-refractivity contribution in [2.24, 2.45) is 0 Å². The van der Waals surface area contributed by atoms with Crippen molar-refractivity contribution in [2.45, 2.75) is 39.0 Å². The van der Waals surface area contributed by atoms with Crippen LogP contribution in [0.2, 0.25) is 5.02 Å². The Morgan fingerprint density at radius 3 is 2.29 bits per heavy atom. The van der Waals surface area contributed by atoms with Crippen LogP contribution in [0.5, 0.6) is 11.5 Å². The highest BCUT2D eigenvalue weighted by atomic mass is 35.5. The van der Waals surface area contributed by atoms with Gasteiger partial charge in [-0.1, -0.05) is 50.6 Å². The number of benzene rings is 3. The van der Waals surface area contributed by atoms with Crippen molar-refractivity contribution in [3.63, 3.8) is 0 Å². The second kappa shape index (κ2) is 9.97. The molecule has 3 rings (SSSR count). The van der Waals surface area contributed by atoms with E-state index < -0.39 is 17.6 Å². The van der Waals surface area contributed by atoms with Crippen LogP contribution >= 0.6 is 11.6 Å². The Morgan fingerprint density at radius 2 is 1.65 bits per heavy atom. The molecule has 3 aromatic rings. The SMILES string of the molecule is COc1ccc(C(=O)Nc2ccc(Cl)cc2C(F)(F)F)cc1COc1ccccc1C(C)(C)C. The van der Waals surface area contributed by atoms with Crippen LogP contribution in [0.15, 0.2) is 60.7 Å². The van der Waals surface area contributed by atoms with E-state index in [1.807, 2.05) is 24.3 Å². The molecule has 180 valence electrons. The Kier molecular flexibility index (Phi) is 7.46. The number of nitrogens with one attached hydrogen (secondary N) is 1. The minimum absolute atomic E-state index is 0.0789. The molecular weight excluding hydrogens is 467 g/mol. The summed E-state index contributed by atoms with van der Waals surface area (Å²) >= 11 is 5.71. The number of alkyl halides is 3. The van der Waals surface area contributed by atoms with E-state index in [9.17, 15) is 18.0 Å². The number of ether oxygens (including phenoxy) is 2. The third kappa shape index (κ3) is 6.03. The normalized spacial score (nSPS) is 11.8. The fourth-order valence-electron chi connectivity index (χ4n) is 3.45. The van der Waals surface area contributed by atoms with Crippen molar-refractivity contribution in [3.05, 3.63) is 87.9 Å². The van der Waals surface area contributed by atoms with E-state index in [0.717, 1.165) is 17.7 Å². The van der Waals surface area contributed by atoms with Gasteiger partial charge >= 0.3 is 6.18 Å². The zero-order chi connectivity index (χ0) is 25.1. The standard InChI is InChI=1S/C26H25ClF3NO3/c1-25(2,3)19-7-5-6-8-23(19)34-15-17-13-16(9-12-22(17)33-4)24(32)31-21-11-10-18(27)14-20(21)26(28,29)30/h5-14H,15H2,1-4H3,(H,31,32). The average Bonchev–Trinajstić information content (AvgIpc) is 2.77. The number of anilines is 1. The van der Waals surface area contributed by atoms with Crippen molar-refractivity contribution in [1.29, 1.82) is 0 Å². The number of halogens is 4. The van der Waals surface area contributed by atoms with E-state index in [1.165, 1.54) is 25.3 Å². The summed E-state index contributed by atoms with van der Waals surface area (Å²) in [6.07, 6.45) is -4.67. The van der Waals surface area contributed by atoms with Gasteiger partial charge in [0.2, 0.25) is 0 Å². The van der Waals surface area contributed by atoms with Gasteiger partial charge < -0.3 is 14.8 Å². The van der Waals surface area contributed by atoms with Gasteiger partial charge in [-0.05, 0) is 53.4 Å². The molecule has 8 heteroatoms. The number of hydrogen-bond donors (Lipinski definition) is 1. The molecular formula is C26H25ClF3NO3. The smallest absolute Gasteiger partial charge is 0.418 e. The van der Waals surface area contributed by atoms with E-state index in [2.05, 4.69) is 26.1 Å². The molecule has 1 N–H and O–H groups in total. The zero-order valence-corrected chi connectivity index (χ0v) is 20.0. The first-order chi connectivity index (χ1) is 15.9. The van der Waals surface area contributed by atoms with Crippen LogP contribution in [0, 0.1) is 0 Å². The van der Waals surface area contributed by atoms with Crippen molar-refractivity contribution in [3.8, 4) is 11.5 Å². The van der Waals surface area contributed by atoms with Crippen LogP contribution in [0.4, 0.5) is 18.9 Å². The topological polar surface area (TPSA) is 47.6 Å². The molecule has 0 aliphatic heterocycles. The molecule has 0 bridgehead atoms. The minimum atomic E-state index is -4.67. The summed E-state index contributed by atoms with van der Waals surface area (Å²) in [5.41, 5.74) is 0.207. The Morgan fingerprint density at radius 1 is 0.941 bits per heavy atom. The lowest BCUT2D eigenvalue weighted by Crippen LogP contribution is -2.17. The molecule has 4 nitrogen and oxygen atoms in total. The van der Waals surface area contributed by atoms with Crippen LogP contribution in [0.1, 0.15) is 47.8 Å². The van der Waals surface area contributed by atoms with Gasteiger partial charge in [-0.2, -0.15) is 13.2 Å². The molecule has 0 aliphatic rings. The van der Waals surface area contributed by atoms with Gasteiger partial charge in [0.05, 0.1) is 18.4 Å². The lowest BCUT2D eigenvalue weighted by Gasteiger charge is -2.23. The van der Waals surface area contributed by atoms with Gasteiger partial charge in [0.1, 0.15) is 18.1 Å². The number of carbonyl (C=O) groups is 1. The molecule has 0 atom stereocenters. The average molecular weight is 492 g/mol. The molecule has 0 radical (unpaired) electrons. The maximum atomic E-state index is 13.4. The Labute approximate surface area is 201 Å². The third-order valence-electron chi connectivity index (χ3n) is 5.16. The van der Waals surface area contributed by atoms with E-state index in [-0.39, 0.29) is 28.3 Å². The van der Waals surface area contributed by atoms with Gasteiger partial charge in [-0.15, -0.1) is 0 Å². The maximum Gasteiger partial charge on any atom is 0.418 e. The van der Waals surface area contributed by atoms with Gasteiger partial charge in [0.15, 0.2) is 0 Å². The number of methoxy groups -OCH3 is 1. The van der Waals surface area contributed by atoms with Gasteiger partial charge in [-0.25, -0.2) is 0 Å². The summed E-state index contributed by atoms with van der Waals surface area (Å²) in [7, 11) is 1.49. The second-order valence-corrected chi connectivity index (χ2v) is 9.14. The zero-order valence-electron chi connectivity index (χ0n) is 19.2. The van der Waals surface area contributed by atoms with Crippen LogP contribution in [-0.2, 0) is 18.2 Å². The molecule has 0 saturated heterocycles. The second-order valence-electron chi connectivity index (χ2n) is 8.70. The molecule has 0 aromatic heterocycles. The van der Waals surface area contributed by atoms with Gasteiger partial charge in [-0.3, -0.25) is 4.79 Å². The van der Waals surface area contributed by atoms with Crippen molar-refractivity contribution in [1.82, 2.24) is 0 Å². The molecule has 0 aliphatic carbocycles. The van der Waals surface area contributed by atoms with Crippen molar-refractivity contribution < 1.29 is 27.4 Å². The van der Waals surface area contributed by atoms with E-state index in [4.69, 9.17) is 21.1 Å². The Bertz CT molecular complexity index is 1190. The molecule has 34 heavy (non-hydrogen) atoms. The first kappa shape index (κ1) is 25.4. The maximum absolute atomic E-state index is 13.4. The number of carbonyl (C=O) groups excluding carboxylic acids is 1. The Hall–Kier alpha value is -3.19. The first-order valence-corrected chi connectivity index (χ1v) is 10.9. The fraction of sp³-hybridized carbons (Fsp3) is 0.269. The summed E-state index contributed by atoms with van der Waals surface area (Å²) in [5, 5.41) is 2.25. The number of para-hydroxylation sites is 1. The van der Waals surface area contributed by atoms with E-state index >= 15 is 0 Å². The molecule has 0 spiro atoms. The predicted octanol–water partition coefficient (Wildman–Crippen LogP) is 7.50. The third-order valence-corrected chi connectivity index (χ3v) is 5.39. The summed E-state index contributed by atoms with van der Waals surface area (Å²) in [6.45, 7) is 6.33. The van der Waals surface area contributed by atoms with Gasteiger partial charge in [0, 0.05) is 16.1 Å². The van der Waals surface area contributed by atoms with Crippen LogP contribution in [-0.4, -0.2) is 13.0 Å². The number of rotatable bonds is 6. The van der Waals surface area contributed by atoms with Crippen LogP contribution in [0.25, 0.3) is 0 Å². The highest BCUT2D eigenvalue weighted by molar-refractivity contribution is 6.30. The quantitative estimate of drug-likeness (QED) is 0.388. The summed E-state index contributed by atoms with van der Waals surface area (Å²) in [5.74, 6) is 0.488. The van der Waals surface area contributed by atoms with Crippen LogP contribution in [0.3, 0.4) is 0 Å². The lowest BCUT2D eigenvalue weighted by molar-refractivity contribution is -0.136. The molecule has 0 heterocycles. The summed E-state index contributed by atoms with van der Waals surface area (Å²) in [4.78, 5) is 12.8. The molecule has 0 unspecified atom stereocenters. The van der Waals surface area contributed by atoms with E-state index in [1.54, 1.807) is 6.07 Å². The lowest BCUT2D eigenvalue weighted by atomic mass is 9.86. The number of amides is 1. The number of hydrogen-bond acceptors (Lipinski definition) is 3. The molecule has 0 saturated carbocycles. The molecule has 1 amide bonds. The van der Waals surface area contributed by atoms with Crippen LogP contribution < -0.4 is 14.8 Å². The summed E-state index contributed by atoms with van der Waals surface area (Å²) < 4.78 is 51.6. The fourth-order valence-corrected chi connectivity index (χ4v) is 3.63. The van der Waals surface area contributed by atoms with Gasteiger partial charge in [0.25, 0.3) is 5.91 Å². The summed E-state index contributed by atoms with van der Waals surface area (Å²) in [6, 6.07) is 15.4. The van der Waals surface area contributed by atoms with Crippen molar-refractivity contribution >= 4 is 23.2 Å². The first-order valence-electron chi connectivity index (χ1n) is 10.5.